The minimum absolute atomic E-state index is 0.103. The lowest BCUT2D eigenvalue weighted by atomic mass is 9.85. The molecule has 162 valence electrons. The summed E-state index contributed by atoms with van der Waals surface area (Å²) in [5.41, 5.74) is 5.86. The fourth-order valence-electron chi connectivity index (χ4n) is 4.43. The third-order valence-electron chi connectivity index (χ3n) is 6.21. The first-order chi connectivity index (χ1) is 15.4. The average Bonchev–Trinajstić information content (AvgIpc) is 3.19. The molecule has 1 aromatic heterocycles. The number of nitrogens with zero attached hydrogens (tertiary/aromatic N) is 2. The van der Waals surface area contributed by atoms with Gasteiger partial charge in [-0.15, -0.1) is 0 Å². The Hall–Kier alpha value is -3.38. The van der Waals surface area contributed by atoms with Gasteiger partial charge in [0.1, 0.15) is 17.4 Å². The minimum Gasteiger partial charge on any atom is -0.343 e. The number of amides is 1. The van der Waals surface area contributed by atoms with E-state index in [1.807, 2.05) is 50.2 Å². The van der Waals surface area contributed by atoms with Gasteiger partial charge < -0.3 is 10.6 Å². The Morgan fingerprint density at radius 2 is 2.00 bits per heavy atom. The molecule has 1 aliphatic carbocycles. The Labute approximate surface area is 191 Å². The standard InChI is InChI=1S/C25H23ClN4O2/c1-14-9-10-18(11-15(14)2)28-25(32)19-13-27-30-23(16-5-3-6-17(26)12-16)22-20(29-24(19)30)7-4-8-21(22)31/h3,5-6,9-13,23,29H,4,7-8H2,1-2H3,(H,28,32)/t23-/m0/s1. The van der Waals surface area contributed by atoms with Crippen molar-refractivity contribution >= 4 is 34.8 Å². The summed E-state index contributed by atoms with van der Waals surface area (Å²) in [5.74, 6) is 0.439. The van der Waals surface area contributed by atoms with Crippen molar-refractivity contribution in [1.82, 2.24) is 9.78 Å². The molecule has 0 unspecified atom stereocenters. The molecule has 2 N–H and O–H groups in total. The summed E-state index contributed by atoms with van der Waals surface area (Å²) >= 11 is 6.26. The zero-order chi connectivity index (χ0) is 22.4. The van der Waals surface area contributed by atoms with Gasteiger partial charge in [-0.05, 0) is 67.6 Å². The van der Waals surface area contributed by atoms with E-state index in [9.17, 15) is 9.59 Å². The van der Waals surface area contributed by atoms with Gasteiger partial charge in [0, 0.05) is 28.4 Å². The molecule has 1 amide bonds. The first-order valence-corrected chi connectivity index (χ1v) is 11.0. The molecule has 5 rings (SSSR count). The number of aryl methyl sites for hydroxylation is 2. The fraction of sp³-hybridized carbons (Fsp3) is 0.240. The number of aromatic nitrogens is 2. The normalized spacial score (nSPS) is 17.5. The van der Waals surface area contributed by atoms with Crippen molar-refractivity contribution in [2.75, 3.05) is 10.6 Å². The highest BCUT2D eigenvalue weighted by molar-refractivity contribution is 6.30. The number of nitrogens with one attached hydrogen (secondary N) is 2. The van der Waals surface area contributed by atoms with Crippen LogP contribution < -0.4 is 10.6 Å². The number of hydrogen-bond donors (Lipinski definition) is 2. The molecule has 0 saturated heterocycles. The second kappa shape index (κ2) is 7.95. The van der Waals surface area contributed by atoms with E-state index in [2.05, 4.69) is 15.7 Å². The molecule has 1 aliphatic heterocycles. The van der Waals surface area contributed by atoms with E-state index in [4.69, 9.17) is 11.6 Å². The summed E-state index contributed by atoms with van der Waals surface area (Å²) in [6.07, 6.45) is 3.60. The summed E-state index contributed by atoms with van der Waals surface area (Å²) in [5, 5.41) is 11.4. The number of ketones is 1. The van der Waals surface area contributed by atoms with E-state index in [0.29, 0.717) is 28.4 Å². The number of allylic oxidation sites excluding steroid dienone is 2. The fourth-order valence-corrected chi connectivity index (χ4v) is 4.63. The van der Waals surface area contributed by atoms with E-state index in [-0.39, 0.29) is 11.7 Å². The number of benzene rings is 2. The maximum atomic E-state index is 13.2. The Morgan fingerprint density at radius 3 is 2.78 bits per heavy atom. The van der Waals surface area contributed by atoms with E-state index in [0.717, 1.165) is 35.4 Å². The van der Waals surface area contributed by atoms with Crippen LogP contribution in [0.15, 0.2) is 59.9 Å². The number of halogens is 1. The minimum atomic E-state index is -0.420. The Balaban J connectivity index is 1.56. The SMILES string of the molecule is Cc1ccc(NC(=O)c2cnn3c2NC2=C(C(=O)CCC2)[C@@H]3c2cccc(Cl)c2)cc1C. The Morgan fingerprint density at radius 1 is 1.16 bits per heavy atom. The van der Waals surface area contributed by atoms with Crippen LogP contribution in [-0.4, -0.2) is 21.5 Å². The molecular formula is C25H23ClN4O2. The summed E-state index contributed by atoms with van der Waals surface area (Å²) < 4.78 is 1.73. The largest absolute Gasteiger partial charge is 0.343 e. The van der Waals surface area contributed by atoms with Crippen molar-refractivity contribution in [3.63, 3.8) is 0 Å². The van der Waals surface area contributed by atoms with Crippen LogP contribution in [-0.2, 0) is 4.79 Å². The summed E-state index contributed by atoms with van der Waals surface area (Å²) in [7, 11) is 0. The van der Waals surface area contributed by atoms with Crippen LogP contribution in [0.3, 0.4) is 0 Å². The molecule has 2 aromatic carbocycles. The monoisotopic (exact) mass is 446 g/mol. The number of rotatable bonds is 3. The molecule has 7 heteroatoms. The molecule has 0 saturated carbocycles. The van der Waals surface area contributed by atoms with Crippen LogP contribution in [0.1, 0.15) is 52.4 Å². The lowest BCUT2D eigenvalue weighted by molar-refractivity contribution is -0.116. The quantitative estimate of drug-likeness (QED) is 0.562. The van der Waals surface area contributed by atoms with E-state index in [1.54, 1.807) is 16.9 Å². The lowest BCUT2D eigenvalue weighted by Gasteiger charge is -2.33. The van der Waals surface area contributed by atoms with E-state index >= 15 is 0 Å². The maximum absolute atomic E-state index is 13.2. The Bertz CT molecular complexity index is 1290. The van der Waals surface area contributed by atoms with Gasteiger partial charge in [0.25, 0.3) is 5.91 Å². The highest BCUT2D eigenvalue weighted by Crippen LogP contribution is 2.42. The molecule has 0 radical (unpaired) electrons. The first kappa shape index (κ1) is 20.5. The van der Waals surface area contributed by atoms with Crippen molar-refractivity contribution in [3.8, 4) is 0 Å². The first-order valence-electron chi connectivity index (χ1n) is 10.7. The average molecular weight is 447 g/mol. The van der Waals surface area contributed by atoms with Gasteiger partial charge in [0.05, 0.1) is 6.20 Å². The van der Waals surface area contributed by atoms with Gasteiger partial charge in [-0.3, -0.25) is 9.59 Å². The molecule has 0 spiro atoms. The van der Waals surface area contributed by atoms with Crippen molar-refractivity contribution < 1.29 is 9.59 Å². The predicted octanol–water partition coefficient (Wildman–Crippen LogP) is 5.43. The zero-order valence-electron chi connectivity index (χ0n) is 17.9. The number of anilines is 2. The molecule has 3 aromatic rings. The molecule has 32 heavy (non-hydrogen) atoms. The van der Waals surface area contributed by atoms with Crippen LogP contribution in [0.5, 0.6) is 0 Å². The third kappa shape index (κ3) is 3.50. The molecule has 0 fully saturated rings. The summed E-state index contributed by atoms with van der Waals surface area (Å²) in [4.78, 5) is 26.1. The van der Waals surface area contributed by atoms with Crippen molar-refractivity contribution in [2.45, 2.75) is 39.2 Å². The summed E-state index contributed by atoms with van der Waals surface area (Å²) in [6, 6.07) is 12.9. The van der Waals surface area contributed by atoms with Crippen LogP contribution in [0.2, 0.25) is 5.02 Å². The Kier molecular flexibility index (Phi) is 5.10. The number of Topliss-reactive ketones (excluding diaryl/α,β-unsaturated/α-hetero) is 1. The highest BCUT2D eigenvalue weighted by atomic mass is 35.5. The number of hydrogen-bond acceptors (Lipinski definition) is 4. The van der Waals surface area contributed by atoms with Crippen LogP contribution in [0.25, 0.3) is 0 Å². The second-order valence-electron chi connectivity index (χ2n) is 8.36. The molecule has 2 heterocycles. The second-order valence-corrected chi connectivity index (χ2v) is 8.79. The zero-order valence-corrected chi connectivity index (χ0v) is 18.7. The van der Waals surface area contributed by atoms with Gasteiger partial charge in [-0.1, -0.05) is 29.8 Å². The summed E-state index contributed by atoms with van der Waals surface area (Å²) in [6.45, 7) is 4.05. The van der Waals surface area contributed by atoms with Gasteiger partial charge in [0.2, 0.25) is 0 Å². The van der Waals surface area contributed by atoms with Crippen molar-refractivity contribution in [3.05, 3.63) is 87.2 Å². The molecule has 1 atom stereocenters. The number of carbonyl (C=O) groups is 2. The smallest absolute Gasteiger partial charge is 0.261 e. The maximum Gasteiger partial charge on any atom is 0.261 e. The van der Waals surface area contributed by atoms with Crippen molar-refractivity contribution in [1.29, 1.82) is 0 Å². The molecule has 2 aliphatic rings. The van der Waals surface area contributed by atoms with Gasteiger partial charge in [-0.2, -0.15) is 5.10 Å². The van der Waals surface area contributed by atoms with Crippen molar-refractivity contribution in [2.24, 2.45) is 0 Å². The molecule has 6 nitrogen and oxygen atoms in total. The van der Waals surface area contributed by atoms with Gasteiger partial charge in [-0.25, -0.2) is 4.68 Å². The number of fused-ring (bicyclic) bond motifs is 1. The molecule has 0 bridgehead atoms. The number of carbonyl (C=O) groups excluding carboxylic acids is 2. The van der Waals surface area contributed by atoms with Crippen LogP contribution in [0.4, 0.5) is 11.5 Å². The van der Waals surface area contributed by atoms with Gasteiger partial charge in [0.15, 0.2) is 5.78 Å². The van der Waals surface area contributed by atoms with Crippen LogP contribution in [0, 0.1) is 13.8 Å². The van der Waals surface area contributed by atoms with E-state index in [1.165, 1.54) is 5.56 Å². The predicted molar refractivity (Wildman–Crippen MR) is 125 cm³/mol. The highest BCUT2D eigenvalue weighted by Gasteiger charge is 2.37. The van der Waals surface area contributed by atoms with E-state index < -0.39 is 6.04 Å². The molecular weight excluding hydrogens is 424 g/mol. The topological polar surface area (TPSA) is 76.0 Å². The van der Waals surface area contributed by atoms with Crippen LogP contribution >= 0.6 is 11.6 Å². The van der Waals surface area contributed by atoms with Gasteiger partial charge >= 0.3 is 0 Å². The third-order valence-corrected chi connectivity index (χ3v) is 6.45. The lowest BCUT2D eigenvalue weighted by Crippen LogP contribution is -2.32.